The number of nitrogens with zero attached hydrogens (tertiary/aromatic N) is 2. The predicted octanol–water partition coefficient (Wildman–Crippen LogP) is 2.14. The Balaban J connectivity index is 1.94. The fourth-order valence-electron chi connectivity index (χ4n) is 2.04. The van der Waals surface area contributed by atoms with Crippen molar-refractivity contribution in [2.45, 2.75) is 32.2 Å². The third-order valence-corrected chi connectivity index (χ3v) is 3.25. The summed E-state index contributed by atoms with van der Waals surface area (Å²) in [5.41, 5.74) is 1.09. The molecule has 4 heteroatoms. The van der Waals surface area contributed by atoms with Crippen molar-refractivity contribution >= 4 is 5.91 Å². The van der Waals surface area contributed by atoms with E-state index in [0.29, 0.717) is 0 Å². The molecule has 0 unspecified atom stereocenters. The fraction of sp³-hybridized carbons (Fsp3) is 0.467. The molecule has 0 saturated heterocycles. The number of hydrogen-bond acceptors (Lipinski definition) is 3. The Bertz CT molecular complexity index is 489. The van der Waals surface area contributed by atoms with Crippen LogP contribution in [0.1, 0.15) is 25.3 Å². The van der Waals surface area contributed by atoms with E-state index in [-0.39, 0.29) is 25.1 Å². The van der Waals surface area contributed by atoms with E-state index in [1.165, 1.54) is 0 Å². The van der Waals surface area contributed by atoms with Gasteiger partial charge in [-0.25, -0.2) is 0 Å². The smallest absolute Gasteiger partial charge is 0.261 e. The molecule has 0 atom stereocenters. The number of rotatable bonds is 6. The van der Waals surface area contributed by atoms with Crippen LogP contribution in [0.3, 0.4) is 0 Å². The molecule has 0 radical (unpaired) electrons. The number of nitriles is 1. The highest BCUT2D eigenvalue weighted by atomic mass is 16.5. The highest BCUT2D eigenvalue weighted by Gasteiger charge is 2.32. The Morgan fingerprint density at radius 3 is 2.84 bits per heavy atom. The van der Waals surface area contributed by atoms with Gasteiger partial charge in [0.25, 0.3) is 5.91 Å². The number of ether oxygens (including phenoxy) is 1. The minimum Gasteiger partial charge on any atom is -0.483 e. The molecule has 0 heterocycles. The van der Waals surface area contributed by atoms with Gasteiger partial charge in [-0.2, -0.15) is 5.26 Å². The Labute approximate surface area is 113 Å². The third-order valence-electron chi connectivity index (χ3n) is 3.25. The van der Waals surface area contributed by atoms with Gasteiger partial charge in [0.15, 0.2) is 6.61 Å². The van der Waals surface area contributed by atoms with Crippen LogP contribution in [0.4, 0.5) is 0 Å². The molecule has 1 aromatic rings. The lowest BCUT2D eigenvalue weighted by Crippen LogP contribution is -2.37. The van der Waals surface area contributed by atoms with Crippen LogP contribution < -0.4 is 4.74 Å². The third kappa shape index (κ3) is 3.47. The van der Waals surface area contributed by atoms with Crippen LogP contribution in [0.5, 0.6) is 5.75 Å². The number of amides is 1. The van der Waals surface area contributed by atoms with Crippen molar-refractivity contribution in [2.24, 2.45) is 0 Å². The van der Waals surface area contributed by atoms with Gasteiger partial charge in [-0.05, 0) is 30.9 Å². The van der Waals surface area contributed by atoms with Crippen molar-refractivity contribution in [1.82, 2.24) is 4.90 Å². The molecule has 1 aliphatic rings. The Morgan fingerprint density at radius 1 is 1.47 bits per heavy atom. The fourth-order valence-corrected chi connectivity index (χ4v) is 2.04. The summed E-state index contributed by atoms with van der Waals surface area (Å²) in [5.74, 6) is 0.654. The normalized spacial score (nSPS) is 13.7. The van der Waals surface area contributed by atoms with Crippen LogP contribution in [0, 0.1) is 11.3 Å². The molecular formula is C15H18N2O2. The maximum absolute atomic E-state index is 12.0. The monoisotopic (exact) mass is 258 g/mol. The Morgan fingerprint density at radius 2 is 2.21 bits per heavy atom. The van der Waals surface area contributed by atoms with Crippen LogP contribution >= 0.6 is 0 Å². The number of hydrogen-bond donors (Lipinski definition) is 0. The molecule has 0 spiro atoms. The predicted molar refractivity (Wildman–Crippen MR) is 71.7 cm³/mol. The second-order valence-corrected chi connectivity index (χ2v) is 4.66. The zero-order valence-electron chi connectivity index (χ0n) is 11.1. The standard InChI is InChI=1S/C15H18N2O2/c1-2-12-5-3-4-6-14(12)19-11-15(18)17(10-9-16)13-7-8-13/h3-6,13H,2,7-8,10-11H2,1H3. The Hall–Kier alpha value is -2.02. The molecule has 100 valence electrons. The Kier molecular flexibility index (Phi) is 4.40. The molecule has 2 rings (SSSR count). The molecule has 0 aliphatic heterocycles. The SMILES string of the molecule is CCc1ccccc1OCC(=O)N(CC#N)C1CC1. The van der Waals surface area contributed by atoms with E-state index >= 15 is 0 Å². The van der Waals surface area contributed by atoms with Gasteiger partial charge in [0.05, 0.1) is 6.07 Å². The molecule has 1 fully saturated rings. The van der Waals surface area contributed by atoms with E-state index in [1.807, 2.05) is 30.3 Å². The molecule has 1 aliphatic carbocycles. The summed E-state index contributed by atoms with van der Waals surface area (Å²) < 4.78 is 5.59. The van der Waals surface area contributed by atoms with Crippen molar-refractivity contribution in [3.8, 4) is 11.8 Å². The van der Waals surface area contributed by atoms with Crippen molar-refractivity contribution < 1.29 is 9.53 Å². The number of aryl methyl sites for hydroxylation is 1. The molecule has 19 heavy (non-hydrogen) atoms. The van der Waals surface area contributed by atoms with E-state index in [1.54, 1.807) is 4.90 Å². The van der Waals surface area contributed by atoms with Gasteiger partial charge in [-0.1, -0.05) is 25.1 Å². The lowest BCUT2D eigenvalue weighted by atomic mass is 10.1. The first-order valence-electron chi connectivity index (χ1n) is 6.63. The largest absolute Gasteiger partial charge is 0.483 e. The van der Waals surface area contributed by atoms with E-state index in [9.17, 15) is 4.79 Å². The molecule has 1 aromatic carbocycles. The van der Waals surface area contributed by atoms with E-state index in [0.717, 1.165) is 30.6 Å². The minimum atomic E-state index is -0.102. The maximum Gasteiger partial charge on any atom is 0.261 e. The average molecular weight is 258 g/mol. The summed E-state index contributed by atoms with van der Waals surface area (Å²) in [5, 5.41) is 8.74. The van der Waals surface area contributed by atoms with Gasteiger partial charge in [0.2, 0.25) is 0 Å². The molecule has 1 saturated carbocycles. The van der Waals surface area contributed by atoms with Gasteiger partial charge < -0.3 is 9.64 Å². The van der Waals surface area contributed by atoms with Crippen LogP contribution in [0.15, 0.2) is 24.3 Å². The highest BCUT2D eigenvalue weighted by molar-refractivity contribution is 5.78. The zero-order valence-corrected chi connectivity index (χ0v) is 11.1. The second-order valence-electron chi connectivity index (χ2n) is 4.66. The first-order chi connectivity index (χ1) is 9.26. The maximum atomic E-state index is 12.0. The summed E-state index contributed by atoms with van der Waals surface area (Å²) in [6.07, 6.45) is 2.87. The minimum absolute atomic E-state index is 0.00912. The molecule has 0 bridgehead atoms. The van der Waals surface area contributed by atoms with Crippen molar-refractivity contribution in [3.63, 3.8) is 0 Å². The quantitative estimate of drug-likeness (QED) is 0.735. The first-order valence-corrected chi connectivity index (χ1v) is 6.63. The highest BCUT2D eigenvalue weighted by Crippen LogP contribution is 2.26. The van der Waals surface area contributed by atoms with Crippen molar-refractivity contribution in [2.75, 3.05) is 13.2 Å². The number of benzene rings is 1. The van der Waals surface area contributed by atoms with Crippen molar-refractivity contribution in [1.29, 1.82) is 5.26 Å². The average Bonchev–Trinajstić information content (AvgIpc) is 3.27. The van der Waals surface area contributed by atoms with Crippen LogP contribution in [0.25, 0.3) is 0 Å². The van der Waals surface area contributed by atoms with E-state index in [4.69, 9.17) is 10.00 Å². The van der Waals surface area contributed by atoms with Gasteiger partial charge in [0, 0.05) is 6.04 Å². The van der Waals surface area contributed by atoms with E-state index < -0.39 is 0 Å². The van der Waals surface area contributed by atoms with Gasteiger partial charge >= 0.3 is 0 Å². The van der Waals surface area contributed by atoms with Gasteiger partial charge in [0.1, 0.15) is 12.3 Å². The summed E-state index contributed by atoms with van der Waals surface area (Å²) >= 11 is 0. The second kappa shape index (κ2) is 6.24. The summed E-state index contributed by atoms with van der Waals surface area (Å²) in [6, 6.07) is 10.0. The number of carbonyl (C=O) groups is 1. The van der Waals surface area contributed by atoms with Crippen LogP contribution in [0.2, 0.25) is 0 Å². The topological polar surface area (TPSA) is 53.3 Å². The van der Waals surface area contributed by atoms with Crippen LogP contribution in [-0.2, 0) is 11.2 Å². The summed E-state index contributed by atoms with van der Waals surface area (Å²) in [4.78, 5) is 13.7. The zero-order chi connectivity index (χ0) is 13.7. The summed E-state index contributed by atoms with van der Waals surface area (Å²) in [6.45, 7) is 2.22. The van der Waals surface area contributed by atoms with Crippen molar-refractivity contribution in [3.05, 3.63) is 29.8 Å². The lowest BCUT2D eigenvalue weighted by Gasteiger charge is -2.19. The summed E-state index contributed by atoms with van der Waals surface area (Å²) in [7, 11) is 0. The van der Waals surface area contributed by atoms with E-state index in [2.05, 4.69) is 6.92 Å². The molecular weight excluding hydrogens is 240 g/mol. The number of para-hydroxylation sites is 1. The van der Waals surface area contributed by atoms with Crippen LogP contribution in [-0.4, -0.2) is 30.0 Å². The molecule has 0 aromatic heterocycles. The molecule has 0 N–H and O–H groups in total. The van der Waals surface area contributed by atoms with Gasteiger partial charge in [-0.3, -0.25) is 4.79 Å². The molecule has 4 nitrogen and oxygen atoms in total. The lowest BCUT2D eigenvalue weighted by molar-refractivity contribution is -0.133. The molecule has 1 amide bonds. The first kappa shape index (κ1) is 13.4. The number of carbonyl (C=O) groups excluding carboxylic acids is 1. The van der Waals surface area contributed by atoms with Gasteiger partial charge in [-0.15, -0.1) is 0 Å².